The Balaban J connectivity index is 2.65. The average Bonchev–Trinajstić information content (AvgIpc) is 2.02. The summed E-state index contributed by atoms with van der Waals surface area (Å²) >= 11 is 0. The molecule has 2 N–H and O–H groups in total. The summed E-state index contributed by atoms with van der Waals surface area (Å²) in [4.78, 5) is 0. The summed E-state index contributed by atoms with van der Waals surface area (Å²) < 4.78 is 0. The molecule has 0 bridgehead atoms. The highest BCUT2D eigenvalue weighted by Crippen LogP contribution is 2.40. The third-order valence-electron chi connectivity index (χ3n) is 3.33. The summed E-state index contributed by atoms with van der Waals surface area (Å²) in [6.07, 6.45) is 2.91. The molecule has 1 fully saturated rings. The topological polar surface area (TPSA) is 40.5 Å². The predicted molar refractivity (Wildman–Crippen MR) is 53.4 cm³/mol. The maximum absolute atomic E-state index is 10.0. The smallest absolute Gasteiger partial charge is 0.0623 e. The highest BCUT2D eigenvalue weighted by atomic mass is 16.3. The van der Waals surface area contributed by atoms with Gasteiger partial charge in [0.1, 0.15) is 0 Å². The summed E-state index contributed by atoms with van der Waals surface area (Å²) in [5, 5.41) is 19.1. The third-order valence-corrected chi connectivity index (χ3v) is 3.33. The van der Waals surface area contributed by atoms with Gasteiger partial charge in [0.05, 0.1) is 6.10 Å². The van der Waals surface area contributed by atoms with Gasteiger partial charge in [-0.1, -0.05) is 27.2 Å². The van der Waals surface area contributed by atoms with Crippen LogP contribution in [0.15, 0.2) is 0 Å². The van der Waals surface area contributed by atoms with E-state index in [-0.39, 0.29) is 24.0 Å². The molecular formula is C11H22O2. The average molecular weight is 186 g/mol. The zero-order chi connectivity index (χ0) is 10.1. The van der Waals surface area contributed by atoms with Crippen molar-refractivity contribution in [3.63, 3.8) is 0 Å². The minimum atomic E-state index is -0.307. The van der Waals surface area contributed by atoms with Crippen LogP contribution in [0, 0.1) is 17.3 Å². The number of hydrogen-bond acceptors (Lipinski definition) is 2. The van der Waals surface area contributed by atoms with Crippen LogP contribution in [-0.4, -0.2) is 22.9 Å². The molecule has 1 rings (SSSR count). The van der Waals surface area contributed by atoms with Crippen molar-refractivity contribution in [3.05, 3.63) is 0 Å². The van der Waals surface area contributed by atoms with Gasteiger partial charge >= 0.3 is 0 Å². The van der Waals surface area contributed by atoms with E-state index < -0.39 is 0 Å². The molecule has 1 saturated carbocycles. The first kappa shape index (κ1) is 11.0. The van der Waals surface area contributed by atoms with Crippen LogP contribution in [0.5, 0.6) is 0 Å². The number of aliphatic hydroxyl groups is 2. The van der Waals surface area contributed by atoms with Crippen molar-refractivity contribution in [2.75, 3.05) is 6.61 Å². The van der Waals surface area contributed by atoms with E-state index in [9.17, 15) is 5.11 Å². The van der Waals surface area contributed by atoms with Crippen molar-refractivity contribution in [3.8, 4) is 0 Å². The highest BCUT2D eigenvalue weighted by molar-refractivity contribution is 4.87. The first-order chi connectivity index (χ1) is 5.96. The normalized spacial score (nSPS) is 36.2. The van der Waals surface area contributed by atoms with Crippen LogP contribution in [0.4, 0.5) is 0 Å². The van der Waals surface area contributed by atoms with Crippen molar-refractivity contribution in [2.45, 2.75) is 46.1 Å². The molecule has 78 valence electrons. The molecule has 0 heterocycles. The first-order valence-electron chi connectivity index (χ1n) is 5.25. The fraction of sp³-hybridized carbons (Fsp3) is 1.00. The maximum atomic E-state index is 10.0. The Hall–Kier alpha value is -0.0800. The van der Waals surface area contributed by atoms with Gasteiger partial charge in [-0.15, -0.1) is 0 Å². The van der Waals surface area contributed by atoms with E-state index in [1.54, 1.807) is 0 Å². The minimum Gasteiger partial charge on any atom is -0.396 e. The van der Waals surface area contributed by atoms with Gasteiger partial charge < -0.3 is 10.2 Å². The Morgan fingerprint density at radius 2 is 1.85 bits per heavy atom. The molecule has 0 aliphatic heterocycles. The molecule has 0 saturated heterocycles. The van der Waals surface area contributed by atoms with Crippen LogP contribution >= 0.6 is 0 Å². The summed E-state index contributed by atoms with van der Waals surface area (Å²) in [5.74, 6) is 0.455. The van der Waals surface area contributed by atoms with Gasteiger partial charge in [0, 0.05) is 12.5 Å². The van der Waals surface area contributed by atoms with Crippen LogP contribution in [0.2, 0.25) is 0 Å². The zero-order valence-corrected chi connectivity index (χ0v) is 8.95. The van der Waals surface area contributed by atoms with Gasteiger partial charge in [0.15, 0.2) is 0 Å². The fourth-order valence-corrected chi connectivity index (χ4v) is 2.41. The molecule has 1 aliphatic carbocycles. The Morgan fingerprint density at radius 1 is 1.23 bits per heavy atom. The SMILES string of the molecule is CC(C)(C)C1CCCC(CO)C1O. The van der Waals surface area contributed by atoms with Gasteiger partial charge in [-0.3, -0.25) is 0 Å². The van der Waals surface area contributed by atoms with Crippen molar-refractivity contribution in [1.82, 2.24) is 0 Å². The van der Waals surface area contributed by atoms with E-state index >= 15 is 0 Å². The molecule has 0 spiro atoms. The first-order valence-corrected chi connectivity index (χ1v) is 5.25. The molecule has 0 aromatic rings. The van der Waals surface area contributed by atoms with Crippen LogP contribution in [0.3, 0.4) is 0 Å². The van der Waals surface area contributed by atoms with Crippen molar-refractivity contribution < 1.29 is 10.2 Å². The van der Waals surface area contributed by atoms with E-state index in [2.05, 4.69) is 20.8 Å². The molecule has 1 aliphatic rings. The highest BCUT2D eigenvalue weighted by Gasteiger charge is 2.37. The lowest BCUT2D eigenvalue weighted by Gasteiger charge is -2.41. The molecule has 0 aromatic carbocycles. The number of aliphatic hydroxyl groups excluding tert-OH is 2. The third kappa shape index (κ3) is 2.44. The Morgan fingerprint density at radius 3 is 2.31 bits per heavy atom. The van der Waals surface area contributed by atoms with E-state index in [0.717, 1.165) is 19.3 Å². The van der Waals surface area contributed by atoms with Gasteiger partial charge in [-0.25, -0.2) is 0 Å². The fourth-order valence-electron chi connectivity index (χ4n) is 2.41. The molecule has 0 aromatic heterocycles. The molecule has 2 heteroatoms. The molecule has 2 nitrogen and oxygen atoms in total. The lowest BCUT2D eigenvalue weighted by Crippen LogP contribution is -2.41. The molecule has 3 atom stereocenters. The van der Waals surface area contributed by atoms with Gasteiger partial charge in [0.25, 0.3) is 0 Å². The van der Waals surface area contributed by atoms with E-state index in [1.807, 2.05) is 0 Å². The van der Waals surface area contributed by atoms with Crippen LogP contribution in [0.1, 0.15) is 40.0 Å². The van der Waals surface area contributed by atoms with Crippen LogP contribution < -0.4 is 0 Å². The van der Waals surface area contributed by atoms with Gasteiger partial charge in [0.2, 0.25) is 0 Å². The second-order valence-corrected chi connectivity index (χ2v) is 5.34. The van der Waals surface area contributed by atoms with Gasteiger partial charge in [-0.2, -0.15) is 0 Å². The van der Waals surface area contributed by atoms with Crippen LogP contribution in [-0.2, 0) is 0 Å². The lowest BCUT2D eigenvalue weighted by atomic mass is 9.67. The molecule has 0 amide bonds. The number of hydrogen-bond donors (Lipinski definition) is 2. The quantitative estimate of drug-likeness (QED) is 0.655. The molecule has 3 unspecified atom stereocenters. The largest absolute Gasteiger partial charge is 0.396 e. The second kappa shape index (κ2) is 3.97. The summed E-state index contributed by atoms with van der Waals surface area (Å²) in [7, 11) is 0. The van der Waals surface area contributed by atoms with Crippen molar-refractivity contribution in [1.29, 1.82) is 0 Å². The zero-order valence-electron chi connectivity index (χ0n) is 8.95. The molecule has 13 heavy (non-hydrogen) atoms. The second-order valence-electron chi connectivity index (χ2n) is 5.34. The van der Waals surface area contributed by atoms with E-state index in [1.165, 1.54) is 0 Å². The monoisotopic (exact) mass is 186 g/mol. The summed E-state index contributed by atoms with van der Waals surface area (Å²) in [6.45, 7) is 6.63. The lowest BCUT2D eigenvalue weighted by molar-refractivity contribution is -0.0467. The van der Waals surface area contributed by atoms with Crippen molar-refractivity contribution in [2.24, 2.45) is 17.3 Å². The van der Waals surface area contributed by atoms with Crippen LogP contribution in [0.25, 0.3) is 0 Å². The Bertz CT molecular complexity index is 160. The predicted octanol–water partition coefficient (Wildman–Crippen LogP) is 1.80. The number of rotatable bonds is 1. The standard InChI is InChI=1S/C11H22O2/c1-11(2,3)9-6-4-5-8(7-12)10(9)13/h8-10,12-13H,4-7H2,1-3H3. The summed E-state index contributed by atoms with van der Waals surface area (Å²) in [5.41, 5.74) is 0.160. The molecular weight excluding hydrogens is 164 g/mol. The Labute approximate surface area is 81.0 Å². The summed E-state index contributed by atoms with van der Waals surface area (Å²) in [6, 6.07) is 0. The van der Waals surface area contributed by atoms with Gasteiger partial charge in [-0.05, 0) is 24.2 Å². The maximum Gasteiger partial charge on any atom is 0.0623 e. The molecule has 0 radical (unpaired) electrons. The van der Waals surface area contributed by atoms with E-state index in [0.29, 0.717) is 5.92 Å². The Kier molecular flexibility index (Phi) is 3.36. The van der Waals surface area contributed by atoms with Crippen molar-refractivity contribution >= 4 is 0 Å². The van der Waals surface area contributed by atoms with E-state index in [4.69, 9.17) is 5.11 Å². The minimum absolute atomic E-state index is 0.109.